The molecule has 18 heavy (non-hydrogen) atoms. The highest BCUT2D eigenvalue weighted by Gasteiger charge is 2.05. The number of carbonyl (C=O) groups is 2. The summed E-state index contributed by atoms with van der Waals surface area (Å²) in [6.45, 7) is -0.283. The molecule has 0 atom stereocenters. The van der Waals surface area contributed by atoms with Crippen LogP contribution in [-0.2, 0) is 21.0 Å². The van der Waals surface area contributed by atoms with Crippen LogP contribution in [0.15, 0.2) is 24.3 Å². The molecule has 98 valence electrons. The average Bonchev–Trinajstić information content (AvgIpc) is 2.38. The molecule has 0 fully saturated rings. The Morgan fingerprint density at radius 2 is 1.94 bits per heavy atom. The van der Waals surface area contributed by atoms with Crippen molar-refractivity contribution >= 4 is 17.7 Å². The van der Waals surface area contributed by atoms with Crippen LogP contribution in [0.5, 0.6) is 0 Å². The van der Waals surface area contributed by atoms with Crippen molar-refractivity contribution in [2.45, 2.75) is 6.61 Å². The van der Waals surface area contributed by atoms with Crippen molar-refractivity contribution in [3.8, 4) is 0 Å². The van der Waals surface area contributed by atoms with Gasteiger partial charge in [0.05, 0.1) is 0 Å². The van der Waals surface area contributed by atoms with Gasteiger partial charge in [-0.1, -0.05) is 12.1 Å². The Balaban J connectivity index is 2.42. The molecule has 0 radical (unpaired) electrons. The Kier molecular flexibility index (Phi) is 5.62. The lowest BCUT2D eigenvalue weighted by Gasteiger charge is -2.06. The molecule has 0 aliphatic heterocycles. The normalized spacial score (nSPS) is 9.67. The first kappa shape index (κ1) is 13.9. The minimum Gasteiger partial charge on any atom is -0.439 e. The van der Waals surface area contributed by atoms with E-state index in [9.17, 15) is 9.59 Å². The van der Waals surface area contributed by atoms with Gasteiger partial charge in [0.15, 0.2) is 6.61 Å². The molecular formula is C11H14N2O5. The average molecular weight is 254 g/mol. The zero-order valence-electron chi connectivity index (χ0n) is 9.80. The standard InChI is InChI=1S/C11H14N2O5/c1-12-11(15)17-7-10(14)13-9-4-2-8(3-5-9)6-18-16/h2-5,16H,6-7H2,1H3,(H,12,15)(H,13,14). The predicted octanol–water partition coefficient (Wildman–Crippen LogP) is 0.971. The Labute approximate surface area is 104 Å². The third kappa shape index (κ3) is 4.81. The summed E-state index contributed by atoms with van der Waals surface area (Å²) in [7, 11) is 1.40. The summed E-state index contributed by atoms with van der Waals surface area (Å²) in [5.74, 6) is -0.440. The summed E-state index contributed by atoms with van der Waals surface area (Å²) < 4.78 is 4.57. The largest absolute Gasteiger partial charge is 0.439 e. The van der Waals surface area contributed by atoms with Crippen molar-refractivity contribution in [3.63, 3.8) is 0 Å². The van der Waals surface area contributed by atoms with Crippen molar-refractivity contribution in [3.05, 3.63) is 29.8 Å². The smallest absolute Gasteiger partial charge is 0.407 e. The van der Waals surface area contributed by atoms with E-state index in [0.29, 0.717) is 5.69 Å². The molecule has 0 aliphatic carbocycles. The number of ether oxygens (including phenoxy) is 1. The summed E-state index contributed by atoms with van der Waals surface area (Å²) >= 11 is 0. The summed E-state index contributed by atoms with van der Waals surface area (Å²) in [4.78, 5) is 26.1. The Hall–Kier alpha value is -2.12. The molecular weight excluding hydrogens is 240 g/mol. The van der Waals surface area contributed by atoms with Crippen LogP contribution in [0.4, 0.5) is 10.5 Å². The monoisotopic (exact) mass is 254 g/mol. The Morgan fingerprint density at radius 1 is 1.28 bits per heavy atom. The Bertz CT molecular complexity index is 404. The molecule has 0 aromatic heterocycles. The fourth-order valence-electron chi connectivity index (χ4n) is 1.16. The van der Waals surface area contributed by atoms with Crippen molar-refractivity contribution in [2.24, 2.45) is 0 Å². The number of hydrogen-bond acceptors (Lipinski definition) is 5. The van der Waals surface area contributed by atoms with E-state index in [4.69, 9.17) is 5.26 Å². The number of rotatable bonds is 5. The minimum atomic E-state index is -0.666. The molecule has 1 rings (SSSR count). The van der Waals surface area contributed by atoms with Gasteiger partial charge in [-0.25, -0.2) is 9.68 Å². The lowest BCUT2D eigenvalue weighted by molar-refractivity contribution is -0.253. The summed E-state index contributed by atoms with van der Waals surface area (Å²) in [5, 5.41) is 13.0. The molecule has 0 bridgehead atoms. The predicted molar refractivity (Wildman–Crippen MR) is 62.9 cm³/mol. The topological polar surface area (TPSA) is 96.9 Å². The fraction of sp³-hybridized carbons (Fsp3) is 0.273. The Morgan fingerprint density at radius 3 is 2.50 bits per heavy atom. The van der Waals surface area contributed by atoms with Gasteiger partial charge in [-0.2, -0.15) is 0 Å². The summed E-state index contributed by atoms with van der Waals surface area (Å²) in [6.07, 6.45) is -0.666. The zero-order valence-corrected chi connectivity index (χ0v) is 9.80. The number of anilines is 1. The van der Waals surface area contributed by atoms with Crippen LogP contribution in [0.2, 0.25) is 0 Å². The summed E-state index contributed by atoms with van der Waals surface area (Å²) in [6, 6.07) is 6.66. The highest BCUT2D eigenvalue weighted by Crippen LogP contribution is 2.09. The second kappa shape index (κ2) is 7.25. The van der Waals surface area contributed by atoms with Crippen LogP contribution >= 0.6 is 0 Å². The number of hydrogen-bond donors (Lipinski definition) is 3. The zero-order chi connectivity index (χ0) is 13.4. The maximum atomic E-state index is 11.4. The third-order valence-electron chi connectivity index (χ3n) is 2.01. The molecule has 0 aliphatic rings. The minimum absolute atomic E-state index is 0.0774. The van der Waals surface area contributed by atoms with E-state index in [1.807, 2.05) is 0 Å². The van der Waals surface area contributed by atoms with Gasteiger partial charge >= 0.3 is 6.09 Å². The number of nitrogens with one attached hydrogen (secondary N) is 2. The molecule has 1 aromatic rings. The van der Waals surface area contributed by atoms with Crippen LogP contribution in [0.25, 0.3) is 0 Å². The molecule has 0 saturated carbocycles. The van der Waals surface area contributed by atoms with Crippen molar-refractivity contribution in [1.29, 1.82) is 0 Å². The van der Waals surface area contributed by atoms with E-state index in [-0.39, 0.29) is 13.2 Å². The third-order valence-corrected chi connectivity index (χ3v) is 2.01. The van der Waals surface area contributed by atoms with Crippen molar-refractivity contribution in [1.82, 2.24) is 5.32 Å². The molecule has 1 aromatic carbocycles. The molecule has 3 N–H and O–H groups in total. The lowest BCUT2D eigenvalue weighted by Crippen LogP contribution is -2.25. The second-order valence-electron chi connectivity index (χ2n) is 3.34. The van der Waals surface area contributed by atoms with Crippen LogP contribution in [-0.4, -0.2) is 30.9 Å². The lowest BCUT2D eigenvalue weighted by atomic mass is 10.2. The van der Waals surface area contributed by atoms with Crippen LogP contribution in [0, 0.1) is 0 Å². The highest BCUT2D eigenvalue weighted by molar-refractivity contribution is 5.92. The maximum absolute atomic E-state index is 11.4. The number of amides is 2. The van der Waals surface area contributed by atoms with E-state index < -0.39 is 12.0 Å². The van der Waals surface area contributed by atoms with E-state index >= 15 is 0 Å². The second-order valence-corrected chi connectivity index (χ2v) is 3.34. The van der Waals surface area contributed by atoms with E-state index in [1.165, 1.54) is 7.05 Å². The van der Waals surface area contributed by atoms with E-state index in [0.717, 1.165) is 5.56 Å². The van der Waals surface area contributed by atoms with Crippen molar-refractivity contribution in [2.75, 3.05) is 19.0 Å². The van der Waals surface area contributed by atoms with Gasteiger partial charge in [0.25, 0.3) is 5.91 Å². The molecule has 2 amide bonds. The van der Waals surface area contributed by atoms with Crippen LogP contribution in [0.3, 0.4) is 0 Å². The van der Waals surface area contributed by atoms with E-state index in [1.54, 1.807) is 24.3 Å². The molecule has 0 spiro atoms. The first-order valence-corrected chi connectivity index (χ1v) is 5.15. The van der Waals surface area contributed by atoms with Gasteiger partial charge in [0.1, 0.15) is 6.61 Å². The van der Waals surface area contributed by atoms with Gasteiger partial charge < -0.3 is 15.4 Å². The quantitative estimate of drug-likeness (QED) is 0.537. The molecule has 0 unspecified atom stereocenters. The number of benzene rings is 1. The number of carbonyl (C=O) groups excluding carboxylic acids is 2. The van der Waals surface area contributed by atoms with Gasteiger partial charge in [-0.15, -0.1) is 0 Å². The van der Waals surface area contributed by atoms with E-state index in [2.05, 4.69) is 20.3 Å². The maximum Gasteiger partial charge on any atom is 0.407 e. The fourth-order valence-corrected chi connectivity index (χ4v) is 1.16. The van der Waals surface area contributed by atoms with Crippen LogP contribution in [0.1, 0.15) is 5.56 Å². The van der Waals surface area contributed by atoms with Gasteiger partial charge in [0, 0.05) is 12.7 Å². The van der Waals surface area contributed by atoms with Crippen LogP contribution < -0.4 is 10.6 Å². The number of alkyl carbamates (subject to hydrolysis) is 1. The summed E-state index contributed by atoms with van der Waals surface area (Å²) in [5.41, 5.74) is 1.32. The molecule has 0 heterocycles. The first-order valence-electron chi connectivity index (χ1n) is 5.15. The molecule has 7 heteroatoms. The van der Waals surface area contributed by atoms with Gasteiger partial charge in [-0.05, 0) is 17.7 Å². The van der Waals surface area contributed by atoms with Crippen molar-refractivity contribution < 1.29 is 24.5 Å². The molecule has 0 saturated heterocycles. The highest BCUT2D eigenvalue weighted by atomic mass is 17.1. The van der Waals surface area contributed by atoms with Gasteiger partial charge in [0.2, 0.25) is 0 Å². The first-order chi connectivity index (χ1) is 8.65. The SMILES string of the molecule is CNC(=O)OCC(=O)Nc1ccc(COO)cc1. The van der Waals surface area contributed by atoms with Gasteiger partial charge in [-0.3, -0.25) is 10.1 Å². The molecule has 7 nitrogen and oxygen atoms in total.